The highest BCUT2D eigenvalue weighted by atomic mass is 32.1. The van der Waals surface area contributed by atoms with Gasteiger partial charge in [0.25, 0.3) is 0 Å². The maximum Gasteiger partial charge on any atom is 0.0629 e. The minimum atomic E-state index is -0.406. The van der Waals surface area contributed by atoms with Gasteiger partial charge in [0.2, 0.25) is 0 Å². The summed E-state index contributed by atoms with van der Waals surface area (Å²) < 4.78 is 73.0. The minimum Gasteiger partial charge on any atom is -0.135 e. The Hall–Kier alpha value is -4.72. The van der Waals surface area contributed by atoms with Gasteiger partial charge in [-0.15, -0.1) is 11.3 Å². The molecule has 0 fully saturated rings. The summed E-state index contributed by atoms with van der Waals surface area (Å²) in [5.41, 5.74) is 3.90. The number of benzene rings is 7. The highest BCUT2D eigenvalue weighted by Gasteiger charge is 2.16. The summed E-state index contributed by atoms with van der Waals surface area (Å²) in [5.74, 6) is 0. The van der Waals surface area contributed by atoms with Crippen molar-refractivity contribution in [1.82, 2.24) is 0 Å². The van der Waals surface area contributed by atoms with E-state index in [1.807, 2.05) is 48.5 Å². The maximum absolute atomic E-state index is 9.11. The molecule has 1 heterocycles. The molecule has 1 aromatic heterocycles. The molecule has 0 aliphatic rings. The Bertz CT molecular complexity index is 2510. The topological polar surface area (TPSA) is 0 Å². The van der Waals surface area contributed by atoms with E-state index in [9.17, 15) is 0 Å². The van der Waals surface area contributed by atoms with Crippen LogP contribution in [0.1, 0.15) is 11.0 Å². The van der Waals surface area contributed by atoms with Gasteiger partial charge in [-0.2, -0.15) is 0 Å². The SMILES string of the molecule is [2H]c1c([2H])c([2H])c2c(-c3ccc(-c4cccc5c4sc4ccccc45)cc3)c3c([2H])c([2H])c([2H])c([2H])c3c(-c3ccccc3)c2c1[2H]. The van der Waals surface area contributed by atoms with Gasteiger partial charge >= 0.3 is 0 Å². The van der Waals surface area contributed by atoms with Gasteiger partial charge in [-0.25, -0.2) is 0 Å². The average molecular weight is 521 g/mol. The molecule has 0 N–H and O–H groups in total. The van der Waals surface area contributed by atoms with Crippen LogP contribution < -0.4 is 0 Å². The Morgan fingerprint density at radius 1 is 0.410 bits per heavy atom. The van der Waals surface area contributed by atoms with E-state index < -0.39 is 24.2 Å². The van der Waals surface area contributed by atoms with E-state index in [1.54, 1.807) is 35.6 Å². The number of thiophene rings is 1. The first-order valence-electron chi connectivity index (χ1n) is 16.7. The molecule has 0 saturated heterocycles. The van der Waals surface area contributed by atoms with Crippen LogP contribution in [0.2, 0.25) is 0 Å². The van der Waals surface area contributed by atoms with Crippen LogP contribution in [-0.2, 0) is 0 Å². The molecule has 0 aliphatic carbocycles. The van der Waals surface area contributed by atoms with Crippen LogP contribution in [0.5, 0.6) is 0 Å². The Morgan fingerprint density at radius 3 is 1.56 bits per heavy atom. The summed E-state index contributed by atoms with van der Waals surface area (Å²) in [6, 6.07) is 28.6. The van der Waals surface area contributed by atoms with Crippen molar-refractivity contribution >= 4 is 53.1 Å². The van der Waals surface area contributed by atoms with E-state index >= 15 is 0 Å². The fraction of sp³-hybridized carbons (Fsp3) is 0. The molecule has 182 valence electrons. The Morgan fingerprint density at radius 2 is 0.923 bits per heavy atom. The van der Waals surface area contributed by atoms with E-state index in [0.717, 1.165) is 15.8 Å². The fourth-order valence-electron chi connectivity index (χ4n) is 5.60. The van der Waals surface area contributed by atoms with Crippen LogP contribution in [0.25, 0.3) is 75.1 Å². The summed E-state index contributed by atoms with van der Waals surface area (Å²) >= 11 is 1.73. The molecule has 0 atom stereocenters. The predicted octanol–water partition coefficient (Wildman–Crippen LogP) is 11.4. The van der Waals surface area contributed by atoms with Crippen molar-refractivity contribution in [2.75, 3.05) is 0 Å². The molecule has 1 heteroatoms. The lowest BCUT2D eigenvalue weighted by atomic mass is 9.86. The van der Waals surface area contributed by atoms with Crippen LogP contribution >= 0.6 is 11.3 Å². The van der Waals surface area contributed by atoms with Crippen molar-refractivity contribution in [3.8, 4) is 33.4 Å². The summed E-state index contributed by atoms with van der Waals surface area (Å²) in [5, 5.41) is 3.24. The highest BCUT2D eigenvalue weighted by molar-refractivity contribution is 7.26. The second-order valence-electron chi connectivity index (χ2n) is 9.47. The van der Waals surface area contributed by atoms with E-state index in [2.05, 4.69) is 24.3 Å². The zero-order valence-corrected chi connectivity index (χ0v) is 21.5. The minimum absolute atomic E-state index is 0.215. The summed E-state index contributed by atoms with van der Waals surface area (Å²) in [6.07, 6.45) is 0. The monoisotopic (exact) mass is 520 g/mol. The molecule has 7 aromatic carbocycles. The largest absolute Gasteiger partial charge is 0.135 e. The Kier molecular flexibility index (Phi) is 3.58. The van der Waals surface area contributed by atoms with Crippen LogP contribution in [-0.4, -0.2) is 0 Å². The van der Waals surface area contributed by atoms with Crippen molar-refractivity contribution in [2.24, 2.45) is 0 Å². The normalized spacial score (nSPS) is 14.5. The van der Waals surface area contributed by atoms with Gasteiger partial charge in [0.1, 0.15) is 0 Å². The molecule has 0 radical (unpaired) electrons. The maximum atomic E-state index is 9.11. The van der Waals surface area contributed by atoms with Crippen molar-refractivity contribution in [3.05, 3.63) is 145 Å². The fourth-order valence-corrected chi connectivity index (χ4v) is 6.84. The molecular weight excluding hydrogens is 488 g/mol. The third-order valence-electron chi connectivity index (χ3n) is 7.33. The van der Waals surface area contributed by atoms with E-state index in [-0.39, 0.29) is 45.7 Å². The van der Waals surface area contributed by atoms with Crippen molar-refractivity contribution in [2.45, 2.75) is 0 Å². The second-order valence-corrected chi connectivity index (χ2v) is 10.5. The van der Waals surface area contributed by atoms with Crippen LogP contribution in [0.3, 0.4) is 0 Å². The molecule has 39 heavy (non-hydrogen) atoms. The van der Waals surface area contributed by atoms with Crippen molar-refractivity contribution in [1.29, 1.82) is 0 Å². The molecule has 8 aromatic rings. The molecule has 0 amide bonds. The first-order valence-corrected chi connectivity index (χ1v) is 13.5. The second kappa shape index (κ2) is 8.94. The first-order chi connectivity index (χ1) is 22.7. The summed E-state index contributed by atoms with van der Waals surface area (Å²) in [4.78, 5) is 0. The van der Waals surface area contributed by atoms with Gasteiger partial charge in [0.15, 0.2) is 0 Å². The number of hydrogen-bond donors (Lipinski definition) is 0. The molecule has 0 aliphatic heterocycles. The third kappa shape index (κ3) is 3.51. The zero-order valence-electron chi connectivity index (χ0n) is 28.6. The predicted molar refractivity (Wildman–Crippen MR) is 171 cm³/mol. The van der Waals surface area contributed by atoms with Crippen LogP contribution in [0, 0.1) is 0 Å². The zero-order chi connectivity index (χ0) is 32.7. The van der Waals surface area contributed by atoms with Gasteiger partial charge in [0, 0.05) is 20.2 Å². The smallest absolute Gasteiger partial charge is 0.0629 e. The van der Waals surface area contributed by atoms with E-state index in [4.69, 9.17) is 11.0 Å². The lowest BCUT2D eigenvalue weighted by Gasteiger charge is -2.18. The summed E-state index contributed by atoms with van der Waals surface area (Å²) in [6.45, 7) is 0. The number of hydrogen-bond acceptors (Lipinski definition) is 1. The van der Waals surface area contributed by atoms with Gasteiger partial charge in [0.05, 0.1) is 11.0 Å². The molecule has 0 nitrogen and oxygen atoms in total. The summed E-state index contributed by atoms with van der Waals surface area (Å²) in [7, 11) is 0. The lowest BCUT2D eigenvalue weighted by Crippen LogP contribution is -1.90. The van der Waals surface area contributed by atoms with Crippen molar-refractivity contribution in [3.63, 3.8) is 0 Å². The van der Waals surface area contributed by atoms with Crippen LogP contribution in [0.15, 0.2) is 145 Å². The standard InChI is InChI=1S/C38H24S/c1-2-11-26(12-3-1)36-30-14-4-6-16-32(30)37(33-17-7-5-15-31(33)36)27-23-21-25(22-24-27)28-18-10-19-34-29-13-8-9-20-35(29)39-38(28)34/h1-24H/i4D,5D,6D,7D,14D,15D,16D,17D. The Labute approximate surface area is 242 Å². The molecule has 0 spiro atoms. The first kappa shape index (κ1) is 15.6. The van der Waals surface area contributed by atoms with Crippen molar-refractivity contribution < 1.29 is 11.0 Å². The average Bonchev–Trinajstić information content (AvgIpc) is 3.49. The van der Waals surface area contributed by atoms with E-state index in [0.29, 0.717) is 22.3 Å². The highest BCUT2D eigenvalue weighted by Crippen LogP contribution is 2.44. The van der Waals surface area contributed by atoms with Gasteiger partial charge in [-0.1, -0.05) is 139 Å². The van der Waals surface area contributed by atoms with Crippen LogP contribution in [0.4, 0.5) is 0 Å². The number of fused-ring (bicyclic) bond motifs is 5. The molecule has 0 bridgehead atoms. The molecular formula is C38H24S. The van der Waals surface area contributed by atoms with Gasteiger partial charge in [-0.05, 0) is 61.0 Å². The van der Waals surface area contributed by atoms with E-state index in [1.165, 1.54) is 15.5 Å². The van der Waals surface area contributed by atoms with Gasteiger partial charge in [-0.3, -0.25) is 0 Å². The lowest BCUT2D eigenvalue weighted by molar-refractivity contribution is 1.64. The van der Waals surface area contributed by atoms with Gasteiger partial charge < -0.3 is 0 Å². The number of rotatable bonds is 3. The third-order valence-corrected chi connectivity index (χ3v) is 8.55. The molecule has 0 saturated carbocycles. The quantitative estimate of drug-likeness (QED) is 0.203. The molecule has 8 rings (SSSR count). The Balaban J connectivity index is 1.50. The molecule has 0 unspecified atom stereocenters.